The Morgan fingerprint density at radius 3 is 2.66 bits per heavy atom. The lowest BCUT2D eigenvalue weighted by Crippen LogP contribution is -2.16. The van der Waals surface area contributed by atoms with Gasteiger partial charge in [-0.2, -0.15) is 0 Å². The number of thioether (sulfide) groups is 1. The minimum absolute atomic E-state index is 0.0665. The number of rotatable bonds is 7. The maximum absolute atomic E-state index is 13.9. The number of hydrogen-bond donors (Lipinski definition) is 2. The highest BCUT2D eigenvalue weighted by Crippen LogP contribution is 2.30. The normalized spacial score (nSPS) is 10.7. The smallest absolute Gasteiger partial charge is 0.258 e. The summed E-state index contributed by atoms with van der Waals surface area (Å²) in [5, 5.41) is 16.0. The number of aryl methyl sites for hydroxylation is 1. The summed E-state index contributed by atoms with van der Waals surface area (Å²) >= 11 is 4.53. The summed E-state index contributed by atoms with van der Waals surface area (Å²) < 4.78 is 14.7. The molecule has 10 heteroatoms. The van der Waals surface area contributed by atoms with E-state index in [1.165, 1.54) is 34.4 Å². The number of anilines is 2. The van der Waals surface area contributed by atoms with Gasteiger partial charge in [0.2, 0.25) is 5.13 Å². The summed E-state index contributed by atoms with van der Waals surface area (Å²) in [7, 11) is 0. The zero-order valence-corrected chi connectivity index (χ0v) is 19.2. The Morgan fingerprint density at radius 1 is 1.03 bits per heavy atom. The third-order valence-electron chi connectivity index (χ3n) is 4.41. The highest BCUT2D eigenvalue weighted by Gasteiger charge is 2.15. The van der Waals surface area contributed by atoms with Crippen LogP contribution in [-0.4, -0.2) is 22.0 Å². The molecule has 4 rings (SSSR count). The van der Waals surface area contributed by atoms with E-state index in [0.717, 1.165) is 15.7 Å². The van der Waals surface area contributed by atoms with Crippen molar-refractivity contribution in [2.75, 3.05) is 10.6 Å². The van der Waals surface area contributed by atoms with Crippen LogP contribution in [0, 0.1) is 12.7 Å². The second-order valence-electron chi connectivity index (χ2n) is 6.66. The average Bonchev–Trinajstić information content (AvgIpc) is 3.46. The molecule has 162 valence electrons. The van der Waals surface area contributed by atoms with E-state index in [0.29, 0.717) is 16.4 Å². The molecule has 0 saturated carbocycles. The Hall–Kier alpha value is -3.08. The molecule has 4 aromatic rings. The van der Waals surface area contributed by atoms with Crippen LogP contribution in [0.2, 0.25) is 0 Å². The second kappa shape index (κ2) is 10.0. The van der Waals surface area contributed by atoms with Crippen LogP contribution in [0.5, 0.6) is 0 Å². The maximum atomic E-state index is 13.9. The lowest BCUT2D eigenvalue weighted by atomic mass is 10.1. The minimum Gasteiger partial charge on any atom is -0.322 e. The van der Waals surface area contributed by atoms with Crippen molar-refractivity contribution in [3.63, 3.8) is 0 Å². The molecule has 32 heavy (non-hydrogen) atoms. The molecule has 6 nitrogen and oxygen atoms in total. The molecule has 2 aromatic heterocycles. The fourth-order valence-corrected chi connectivity index (χ4v) is 5.27. The van der Waals surface area contributed by atoms with Gasteiger partial charge in [0.25, 0.3) is 11.8 Å². The summed E-state index contributed by atoms with van der Waals surface area (Å²) in [6, 6.07) is 14.7. The van der Waals surface area contributed by atoms with Gasteiger partial charge >= 0.3 is 0 Å². The second-order valence-corrected chi connectivity index (χ2v) is 9.89. The van der Waals surface area contributed by atoms with Crippen LogP contribution in [0.15, 0.2) is 64.3 Å². The molecular formula is C22H17FN4O2S3. The Morgan fingerprint density at radius 2 is 1.88 bits per heavy atom. The van der Waals surface area contributed by atoms with E-state index in [1.807, 2.05) is 11.4 Å². The first kappa shape index (κ1) is 22.1. The van der Waals surface area contributed by atoms with Crippen LogP contribution in [0.3, 0.4) is 0 Å². The summed E-state index contributed by atoms with van der Waals surface area (Å²) in [4.78, 5) is 26.4. The van der Waals surface area contributed by atoms with Gasteiger partial charge in [-0.3, -0.25) is 14.9 Å². The molecular weight excluding hydrogens is 467 g/mol. The van der Waals surface area contributed by atoms with E-state index < -0.39 is 11.7 Å². The quantitative estimate of drug-likeness (QED) is 0.254. The number of thiophene rings is 1. The van der Waals surface area contributed by atoms with Gasteiger partial charge in [0.1, 0.15) is 5.82 Å². The van der Waals surface area contributed by atoms with Gasteiger partial charge in [0.05, 0.1) is 5.56 Å². The number of nitrogens with zero attached hydrogens (tertiary/aromatic N) is 2. The molecule has 2 heterocycles. The number of hydrogen-bond acceptors (Lipinski definition) is 7. The topological polar surface area (TPSA) is 84.0 Å². The van der Waals surface area contributed by atoms with E-state index in [2.05, 4.69) is 26.9 Å². The standard InChI is InChI=1S/C22H17FN4O2S3/c1-13-8-9-14(11-18(13)24-20(29)16-6-2-3-7-17(16)23)19(28)25-21-26-27-22(32-21)31-12-15-5-4-10-30-15/h2-11H,12H2,1H3,(H,24,29)(H,25,26,28). The molecule has 0 aliphatic carbocycles. The van der Waals surface area contributed by atoms with E-state index in [4.69, 9.17) is 0 Å². The van der Waals surface area contributed by atoms with Crippen LogP contribution < -0.4 is 10.6 Å². The van der Waals surface area contributed by atoms with Crippen molar-refractivity contribution in [3.05, 3.63) is 87.4 Å². The first-order valence-corrected chi connectivity index (χ1v) is 12.1. The lowest BCUT2D eigenvalue weighted by molar-refractivity contribution is 0.101. The number of amides is 2. The Bertz CT molecular complexity index is 1260. The van der Waals surface area contributed by atoms with Crippen molar-refractivity contribution in [2.24, 2.45) is 0 Å². The molecule has 2 N–H and O–H groups in total. The fourth-order valence-electron chi connectivity index (χ4n) is 2.75. The van der Waals surface area contributed by atoms with Crippen molar-refractivity contribution >= 4 is 57.1 Å². The maximum Gasteiger partial charge on any atom is 0.258 e. The van der Waals surface area contributed by atoms with Gasteiger partial charge in [0.15, 0.2) is 4.34 Å². The molecule has 0 fully saturated rings. The lowest BCUT2D eigenvalue weighted by Gasteiger charge is -2.11. The number of halogens is 1. The Kier molecular flexibility index (Phi) is 6.93. The van der Waals surface area contributed by atoms with E-state index >= 15 is 0 Å². The van der Waals surface area contributed by atoms with Gasteiger partial charge < -0.3 is 5.32 Å². The largest absolute Gasteiger partial charge is 0.322 e. The van der Waals surface area contributed by atoms with Crippen LogP contribution in [0.4, 0.5) is 15.2 Å². The van der Waals surface area contributed by atoms with Crippen molar-refractivity contribution in [3.8, 4) is 0 Å². The van der Waals surface area contributed by atoms with Crippen LogP contribution in [-0.2, 0) is 5.75 Å². The minimum atomic E-state index is -0.611. The van der Waals surface area contributed by atoms with E-state index in [1.54, 1.807) is 54.3 Å². The van der Waals surface area contributed by atoms with Gasteiger partial charge in [-0.1, -0.05) is 47.4 Å². The van der Waals surface area contributed by atoms with Crippen molar-refractivity contribution in [2.45, 2.75) is 17.0 Å². The summed E-state index contributed by atoms with van der Waals surface area (Å²) in [6.45, 7) is 1.79. The van der Waals surface area contributed by atoms with Gasteiger partial charge in [-0.25, -0.2) is 4.39 Å². The zero-order chi connectivity index (χ0) is 22.5. The highest BCUT2D eigenvalue weighted by molar-refractivity contribution is 8.00. The number of benzene rings is 2. The third kappa shape index (κ3) is 5.39. The number of carbonyl (C=O) groups excluding carboxylic acids is 2. The monoisotopic (exact) mass is 484 g/mol. The fraction of sp³-hybridized carbons (Fsp3) is 0.0909. The van der Waals surface area contributed by atoms with Crippen molar-refractivity contribution < 1.29 is 14.0 Å². The Labute approximate surface area is 195 Å². The van der Waals surface area contributed by atoms with E-state index in [9.17, 15) is 14.0 Å². The molecule has 0 radical (unpaired) electrons. The van der Waals surface area contributed by atoms with Gasteiger partial charge in [0, 0.05) is 21.9 Å². The molecule has 0 atom stereocenters. The molecule has 2 amide bonds. The highest BCUT2D eigenvalue weighted by atomic mass is 32.2. The molecule has 0 bridgehead atoms. The zero-order valence-electron chi connectivity index (χ0n) is 16.8. The van der Waals surface area contributed by atoms with Crippen LogP contribution in [0.25, 0.3) is 0 Å². The van der Waals surface area contributed by atoms with Crippen LogP contribution >= 0.6 is 34.4 Å². The van der Waals surface area contributed by atoms with Crippen molar-refractivity contribution in [1.82, 2.24) is 10.2 Å². The van der Waals surface area contributed by atoms with Gasteiger partial charge in [-0.05, 0) is 48.2 Å². The molecule has 2 aromatic carbocycles. The molecule has 0 saturated heterocycles. The third-order valence-corrected chi connectivity index (χ3v) is 7.49. The molecule has 0 spiro atoms. The van der Waals surface area contributed by atoms with Gasteiger partial charge in [-0.15, -0.1) is 21.5 Å². The van der Waals surface area contributed by atoms with Crippen molar-refractivity contribution in [1.29, 1.82) is 0 Å². The number of carbonyl (C=O) groups is 2. The number of aromatic nitrogens is 2. The number of nitrogens with one attached hydrogen (secondary N) is 2. The molecule has 0 aliphatic rings. The summed E-state index contributed by atoms with van der Waals surface area (Å²) in [5.41, 5.74) is 1.44. The average molecular weight is 485 g/mol. The Balaban J connectivity index is 1.42. The van der Waals surface area contributed by atoms with Crippen LogP contribution in [0.1, 0.15) is 31.2 Å². The first-order chi connectivity index (χ1) is 15.5. The predicted octanol–water partition coefficient (Wildman–Crippen LogP) is 5.84. The summed E-state index contributed by atoms with van der Waals surface area (Å²) in [5.74, 6) is -0.776. The van der Waals surface area contributed by atoms with E-state index in [-0.39, 0.29) is 11.5 Å². The summed E-state index contributed by atoms with van der Waals surface area (Å²) in [6.07, 6.45) is 0. The predicted molar refractivity (Wildman–Crippen MR) is 127 cm³/mol. The SMILES string of the molecule is Cc1ccc(C(=O)Nc2nnc(SCc3cccs3)s2)cc1NC(=O)c1ccccc1F. The first-order valence-electron chi connectivity index (χ1n) is 9.46. The molecule has 0 aliphatic heterocycles. The molecule has 0 unspecified atom stereocenters.